The van der Waals surface area contributed by atoms with Gasteiger partial charge >= 0.3 is 5.97 Å². The van der Waals surface area contributed by atoms with Crippen molar-refractivity contribution in [3.8, 4) is 0 Å². The van der Waals surface area contributed by atoms with Gasteiger partial charge < -0.3 is 14.5 Å². The molecule has 1 amide bonds. The number of nitro groups is 1. The molecule has 2 aromatic rings. The molecule has 0 aliphatic heterocycles. The highest BCUT2D eigenvalue weighted by molar-refractivity contribution is 5.98. The molecule has 24 heavy (non-hydrogen) atoms. The number of carbonyl (C=O) groups is 2. The van der Waals surface area contributed by atoms with E-state index >= 15 is 0 Å². The minimum absolute atomic E-state index is 0.0292. The lowest BCUT2D eigenvalue weighted by atomic mass is 10.2. The first-order valence-electron chi connectivity index (χ1n) is 6.94. The van der Waals surface area contributed by atoms with Crippen molar-refractivity contribution in [1.29, 1.82) is 0 Å². The second-order valence-corrected chi connectivity index (χ2v) is 4.69. The van der Waals surface area contributed by atoms with Crippen molar-refractivity contribution in [2.45, 2.75) is 13.0 Å². The van der Waals surface area contributed by atoms with Crippen LogP contribution in [-0.2, 0) is 14.3 Å². The summed E-state index contributed by atoms with van der Waals surface area (Å²) in [6, 6.07) is 8.99. The zero-order valence-corrected chi connectivity index (χ0v) is 12.7. The van der Waals surface area contributed by atoms with E-state index < -0.39 is 22.9 Å². The van der Waals surface area contributed by atoms with Crippen LogP contribution < -0.4 is 5.32 Å². The SMILES string of the molecule is CC(OC(=O)C=Cc1ccco1)C(=O)Nc1ccccc1[N+](=O)[O-]. The molecule has 1 aromatic heterocycles. The Kier molecular flexibility index (Phi) is 5.45. The van der Waals surface area contributed by atoms with E-state index in [1.807, 2.05) is 0 Å². The van der Waals surface area contributed by atoms with E-state index in [2.05, 4.69) is 5.32 Å². The molecule has 0 bridgehead atoms. The Morgan fingerprint density at radius 1 is 1.29 bits per heavy atom. The van der Waals surface area contributed by atoms with Gasteiger partial charge in [0.05, 0.1) is 11.2 Å². The molecular weight excluding hydrogens is 316 g/mol. The largest absolute Gasteiger partial charge is 0.465 e. The summed E-state index contributed by atoms with van der Waals surface area (Å²) in [4.78, 5) is 33.9. The second kappa shape index (κ2) is 7.73. The van der Waals surface area contributed by atoms with Crippen molar-refractivity contribution >= 4 is 29.3 Å². The molecule has 0 aliphatic rings. The van der Waals surface area contributed by atoms with E-state index in [9.17, 15) is 19.7 Å². The van der Waals surface area contributed by atoms with E-state index in [0.717, 1.165) is 6.08 Å². The Morgan fingerprint density at radius 2 is 2.04 bits per heavy atom. The van der Waals surface area contributed by atoms with Crippen molar-refractivity contribution in [2.75, 3.05) is 5.32 Å². The van der Waals surface area contributed by atoms with Gasteiger partial charge in [0.2, 0.25) is 0 Å². The Balaban J connectivity index is 1.95. The summed E-state index contributed by atoms with van der Waals surface area (Å²) in [7, 11) is 0. The van der Waals surface area contributed by atoms with E-state index in [-0.39, 0.29) is 11.4 Å². The second-order valence-electron chi connectivity index (χ2n) is 4.69. The Hall–Kier alpha value is -3.42. The Morgan fingerprint density at radius 3 is 2.71 bits per heavy atom. The van der Waals surface area contributed by atoms with Crippen molar-refractivity contribution in [2.24, 2.45) is 0 Å². The maximum atomic E-state index is 12.0. The molecule has 1 N–H and O–H groups in total. The third kappa shape index (κ3) is 4.54. The van der Waals surface area contributed by atoms with Crippen molar-refractivity contribution in [3.63, 3.8) is 0 Å². The monoisotopic (exact) mass is 330 g/mol. The Labute approximate surface area is 136 Å². The van der Waals surface area contributed by atoms with Gasteiger partial charge in [0, 0.05) is 12.1 Å². The number of hydrogen-bond acceptors (Lipinski definition) is 6. The zero-order valence-electron chi connectivity index (χ0n) is 12.7. The number of nitro benzene ring substituents is 1. The van der Waals surface area contributed by atoms with Gasteiger partial charge in [-0.2, -0.15) is 0 Å². The number of hydrogen-bond donors (Lipinski definition) is 1. The van der Waals surface area contributed by atoms with Gasteiger partial charge in [-0.05, 0) is 31.2 Å². The fraction of sp³-hybridized carbons (Fsp3) is 0.125. The van der Waals surface area contributed by atoms with E-state index in [4.69, 9.17) is 9.15 Å². The number of rotatable bonds is 6. The van der Waals surface area contributed by atoms with E-state index in [1.54, 1.807) is 18.2 Å². The number of esters is 1. The fourth-order valence-corrected chi connectivity index (χ4v) is 1.78. The minimum atomic E-state index is -1.13. The lowest BCUT2D eigenvalue weighted by Gasteiger charge is -2.12. The minimum Gasteiger partial charge on any atom is -0.465 e. The summed E-state index contributed by atoms with van der Waals surface area (Å²) in [5.41, 5.74) is -0.219. The van der Waals surface area contributed by atoms with E-state index in [0.29, 0.717) is 5.76 Å². The third-order valence-electron chi connectivity index (χ3n) is 2.95. The average molecular weight is 330 g/mol. The number of amides is 1. The van der Waals surface area contributed by atoms with E-state index in [1.165, 1.54) is 37.5 Å². The quantitative estimate of drug-likeness (QED) is 0.377. The molecule has 124 valence electrons. The highest BCUT2D eigenvalue weighted by Crippen LogP contribution is 2.23. The van der Waals surface area contributed by atoms with Crippen LogP contribution in [0.3, 0.4) is 0 Å². The molecule has 1 atom stereocenters. The zero-order chi connectivity index (χ0) is 17.5. The van der Waals surface area contributed by atoms with Crippen LogP contribution in [0.5, 0.6) is 0 Å². The molecule has 1 aromatic carbocycles. The maximum absolute atomic E-state index is 12.0. The number of anilines is 1. The van der Waals surface area contributed by atoms with Crippen LogP contribution in [0.2, 0.25) is 0 Å². The molecule has 0 spiro atoms. The lowest BCUT2D eigenvalue weighted by Crippen LogP contribution is -2.29. The number of benzene rings is 1. The number of furan rings is 1. The van der Waals surface area contributed by atoms with Gasteiger partial charge in [-0.1, -0.05) is 12.1 Å². The van der Waals surface area contributed by atoms with Gasteiger partial charge in [0.1, 0.15) is 11.4 Å². The third-order valence-corrected chi connectivity index (χ3v) is 2.95. The summed E-state index contributed by atoms with van der Waals surface area (Å²) < 4.78 is 9.95. The van der Waals surface area contributed by atoms with Crippen LogP contribution in [0.15, 0.2) is 53.2 Å². The molecule has 8 heteroatoms. The predicted molar refractivity (Wildman–Crippen MR) is 85.0 cm³/mol. The highest BCUT2D eigenvalue weighted by Gasteiger charge is 2.20. The molecule has 8 nitrogen and oxygen atoms in total. The number of ether oxygens (including phenoxy) is 1. The first kappa shape index (κ1) is 16.9. The van der Waals surface area contributed by atoms with Crippen molar-refractivity contribution in [1.82, 2.24) is 0 Å². The lowest BCUT2D eigenvalue weighted by molar-refractivity contribution is -0.383. The summed E-state index contributed by atoms with van der Waals surface area (Å²) in [6.45, 7) is 1.36. The number of carbonyl (C=O) groups excluding carboxylic acids is 2. The van der Waals surface area contributed by atoms with Crippen LogP contribution in [0.25, 0.3) is 6.08 Å². The molecule has 0 aliphatic carbocycles. The van der Waals surface area contributed by atoms with Crippen LogP contribution in [-0.4, -0.2) is 22.9 Å². The number of para-hydroxylation sites is 2. The van der Waals surface area contributed by atoms with Crippen molar-refractivity contribution < 1.29 is 23.7 Å². The van der Waals surface area contributed by atoms with Crippen LogP contribution in [0.4, 0.5) is 11.4 Å². The van der Waals surface area contributed by atoms with Gasteiger partial charge in [-0.15, -0.1) is 0 Å². The molecule has 2 rings (SSSR count). The van der Waals surface area contributed by atoms with Gasteiger partial charge in [0.15, 0.2) is 6.10 Å². The molecule has 0 fully saturated rings. The summed E-state index contributed by atoms with van der Waals surface area (Å²) in [6.07, 6.45) is 2.84. The molecule has 0 saturated heterocycles. The molecule has 0 radical (unpaired) electrons. The normalized spacial score (nSPS) is 11.9. The average Bonchev–Trinajstić information content (AvgIpc) is 3.06. The fourth-order valence-electron chi connectivity index (χ4n) is 1.78. The standard InChI is InChI=1S/C16H14N2O6/c1-11(24-15(19)9-8-12-5-4-10-23-12)16(20)17-13-6-2-3-7-14(13)18(21)22/h2-11H,1H3,(H,17,20). The van der Waals surface area contributed by atoms with Gasteiger partial charge in [-0.3, -0.25) is 14.9 Å². The van der Waals surface area contributed by atoms with Gasteiger partial charge in [0.25, 0.3) is 11.6 Å². The summed E-state index contributed by atoms with van der Waals surface area (Å²) >= 11 is 0. The van der Waals surface area contributed by atoms with Crippen LogP contribution in [0, 0.1) is 10.1 Å². The van der Waals surface area contributed by atoms with Crippen LogP contribution >= 0.6 is 0 Å². The summed E-state index contributed by atoms with van der Waals surface area (Å²) in [5.74, 6) is -0.954. The first-order valence-corrected chi connectivity index (χ1v) is 6.94. The smallest absolute Gasteiger partial charge is 0.331 e. The van der Waals surface area contributed by atoms with Crippen molar-refractivity contribution in [3.05, 3.63) is 64.6 Å². The van der Waals surface area contributed by atoms with Crippen LogP contribution in [0.1, 0.15) is 12.7 Å². The molecule has 1 heterocycles. The number of nitrogens with one attached hydrogen (secondary N) is 1. The molecular formula is C16H14N2O6. The topological polar surface area (TPSA) is 112 Å². The first-order chi connectivity index (χ1) is 11.5. The number of nitrogens with zero attached hydrogens (tertiary/aromatic N) is 1. The van der Waals surface area contributed by atoms with Gasteiger partial charge in [-0.25, -0.2) is 4.79 Å². The highest BCUT2D eigenvalue weighted by atomic mass is 16.6. The molecule has 1 unspecified atom stereocenters. The Bertz CT molecular complexity index is 767. The summed E-state index contributed by atoms with van der Waals surface area (Å²) in [5, 5.41) is 13.3. The predicted octanol–water partition coefficient (Wildman–Crippen LogP) is 2.77. The molecule has 0 saturated carbocycles. The maximum Gasteiger partial charge on any atom is 0.331 e.